The van der Waals surface area contributed by atoms with Gasteiger partial charge in [-0.2, -0.15) is 0 Å². The minimum Gasteiger partial charge on any atom is -0.309 e. The van der Waals surface area contributed by atoms with E-state index >= 15 is 4.39 Å². The zero-order valence-corrected chi connectivity index (χ0v) is 27.2. The van der Waals surface area contributed by atoms with Crippen LogP contribution in [-0.2, 0) is 0 Å². The molecule has 51 heavy (non-hydrogen) atoms. The van der Waals surface area contributed by atoms with E-state index in [1.165, 1.54) is 6.07 Å². The van der Waals surface area contributed by atoms with Crippen molar-refractivity contribution < 1.29 is 8.78 Å². The molecule has 0 radical (unpaired) electrons. The molecule has 7 aromatic carbocycles. The van der Waals surface area contributed by atoms with Crippen molar-refractivity contribution >= 4 is 21.8 Å². The largest absolute Gasteiger partial charge is 0.309 e. The Kier molecular flexibility index (Phi) is 7.47. The van der Waals surface area contributed by atoms with Crippen molar-refractivity contribution in [2.45, 2.75) is 0 Å². The Morgan fingerprint density at radius 1 is 0.373 bits per heavy atom. The van der Waals surface area contributed by atoms with E-state index < -0.39 is 11.6 Å². The molecule has 0 aliphatic carbocycles. The lowest BCUT2D eigenvalue weighted by molar-refractivity contribution is 0.511. The van der Waals surface area contributed by atoms with E-state index in [9.17, 15) is 4.39 Å². The molecular formula is C45H28F2N4. The van der Waals surface area contributed by atoms with E-state index in [2.05, 4.69) is 47.0 Å². The fourth-order valence-corrected chi connectivity index (χ4v) is 6.78. The summed E-state index contributed by atoms with van der Waals surface area (Å²) in [6.45, 7) is 0. The minimum atomic E-state index is -0.910. The van der Waals surface area contributed by atoms with Gasteiger partial charge in [-0.05, 0) is 53.1 Å². The molecule has 2 heterocycles. The highest BCUT2D eigenvalue weighted by atomic mass is 19.2. The van der Waals surface area contributed by atoms with Gasteiger partial charge in [0.2, 0.25) is 0 Å². The van der Waals surface area contributed by atoms with Crippen LogP contribution >= 0.6 is 0 Å². The standard InChI is InChI=1S/C45H28F2N4/c46-38-21-12-20-34(42(38)47)33-24-26-41(51-39-22-11-10-19-35(39)36-27-32(23-25-40(36)51)29-13-4-1-5-14-29)37(28-33)45-49-43(30-15-6-2-7-16-30)48-44(50-45)31-17-8-3-9-18-31/h1-28H. The lowest BCUT2D eigenvalue weighted by Gasteiger charge is -2.16. The van der Waals surface area contributed by atoms with Gasteiger partial charge in [-0.25, -0.2) is 23.7 Å². The van der Waals surface area contributed by atoms with E-state index in [4.69, 9.17) is 15.0 Å². The van der Waals surface area contributed by atoms with Gasteiger partial charge in [0.25, 0.3) is 0 Å². The molecule has 0 bridgehead atoms. The number of para-hydroxylation sites is 1. The zero-order valence-electron chi connectivity index (χ0n) is 27.2. The number of fused-ring (bicyclic) bond motifs is 3. The van der Waals surface area contributed by atoms with Crippen LogP contribution in [0.3, 0.4) is 0 Å². The molecular weight excluding hydrogens is 635 g/mol. The number of benzene rings is 7. The number of hydrogen-bond donors (Lipinski definition) is 0. The first-order chi connectivity index (χ1) is 25.1. The molecule has 242 valence electrons. The number of rotatable bonds is 6. The molecule has 0 unspecified atom stereocenters. The number of nitrogens with zero attached hydrogens (tertiary/aromatic N) is 4. The van der Waals surface area contributed by atoms with Crippen LogP contribution in [0.1, 0.15) is 0 Å². The molecule has 4 nitrogen and oxygen atoms in total. The predicted octanol–water partition coefficient (Wildman–Crippen LogP) is 11.6. The molecule has 0 spiro atoms. The Balaban J connectivity index is 1.35. The Morgan fingerprint density at radius 2 is 0.941 bits per heavy atom. The molecule has 9 aromatic rings. The lowest BCUT2D eigenvalue weighted by atomic mass is 10.00. The predicted molar refractivity (Wildman–Crippen MR) is 201 cm³/mol. The van der Waals surface area contributed by atoms with Crippen LogP contribution in [0, 0.1) is 11.6 Å². The maximum atomic E-state index is 15.3. The van der Waals surface area contributed by atoms with Gasteiger partial charge in [0.15, 0.2) is 29.1 Å². The van der Waals surface area contributed by atoms with E-state index in [0.717, 1.165) is 55.8 Å². The smallest absolute Gasteiger partial charge is 0.166 e. The van der Waals surface area contributed by atoms with Crippen molar-refractivity contribution in [3.05, 3.63) is 181 Å². The minimum absolute atomic E-state index is 0.151. The third kappa shape index (κ3) is 5.43. The molecule has 6 heteroatoms. The summed E-state index contributed by atoms with van der Waals surface area (Å²) in [5.41, 5.74) is 7.97. The summed E-state index contributed by atoms with van der Waals surface area (Å²) >= 11 is 0. The van der Waals surface area contributed by atoms with Crippen molar-refractivity contribution in [3.8, 4) is 62.1 Å². The Hall–Kier alpha value is -6.79. The van der Waals surface area contributed by atoms with Gasteiger partial charge in [-0.1, -0.05) is 133 Å². The number of aromatic nitrogens is 4. The van der Waals surface area contributed by atoms with Crippen molar-refractivity contribution in [1.82, 2.24) is 19.5 Å². The summed E-state index contributed by atoms with van der Waals surface area (Å²) in [5.74, 6) is -0.409. The molecule has 0 aliphatic heterocycles. The van der Waals surface area contributed by atoms with Crippen LogP contribution in [0.2, 0.25) is 0 Å². The average Bonchev–Trinajstić information content (AvgIpc) is 3.53. The van der Waals surface area contributed by atoms with Crippen molar-refractivity contribution in [3.63, 3.8) is 0 Å². The van der Waals surface area contributed by atoms with Crippen molar-refractivity contribution in [2.24, 2.45) is 0 Å². The highest BCUT2D eigenvalue weighted by molar-refractivity contribution is 6.11. The fraction of sp³-hybridized carbons (Fsp3) is 0. The van der Waals surface area contributed by atoms with E-state index in [1.807, 2.05) is 109 Å². The monoisotopic (exact) mass is 662 g/mol. The van der Waals surface area contributed by atoms with E-state index in [0.29, 0.717) is 28.6 Å². The Labute approximate surface area is 293 Å². The van der Waals surface area contributed by atoms with Gasteiger partial charge in [-0.3, -0.25) is 0 Å². The van der Waals surface area contributed by atoms with E-state index in [1.54, 1.807) is 6.07 Å². The van der Waals surface area contributed by atoms with Crippen LogP contribution in [0.15, 0.2) is 170 Å². The van der Waals surface area contributed by atoms with Gasteiger partial charge >= 0.3 is 0 Å². The molecule has 0 fully saturated rings. The molecule has 0 aliphatic rings. The summed E-state index contributed by atoms with van der Waals surface area (Å²) < 4.78 is 32.1. The Bertz CT molecular complexity index is 2650. The average molecular weight is 663 g/mol. The molecule has 2 aromatic heterocycles. The molecule has 0 saturated heterocycles. The number of halogens is 2. The first kappa shape index (κ1) is 30.3. The Morgan fingerprint density at radius 3 is 1.63 bits per heavy atom. The second-order valence-corrected chi connectivity index (χ2v) is 12.3. The van der Waals surface area contributed by atoms with E-state index in [-0.39, 0.29) is 5.56 Å². The summed E-state index contributed by atoms with van der Waals surface area (Å²) in [6, 6.07) is 54.5. The molecule has 9 rings (SSSR count). The summed E-state index contributed by atoms with van der Waals surface area (Å²) in [4.78, 5) is 15.0. The normalized spacial score (nSPS) is 11.3. The van der Waals surface area contributed by atoms with Crippen molar-refractivity contribution in [2.75, 3.05) is 0 Å². The van der Waals surface area contributed by atoms with Crippen LogP contribution in [0.4, 0.5) is 8.78 Å². The zero-order chi connectivity index (χ0) is 34.3. The summed E-state index contributed by atoms with van der Waals surface area (Å²) in [7, 11) is 0. The number of hydrogen-bond acceptors (Lipinski definition) is 3. The third-order valence-corrected chi connectivity index (χ3v) is 9.22. The van der Waals surface area contributed by atoms with Gasteiger partial charge in [0, 0.05) is 33.0 Å². The van der Waals surface area contributed by atoms with Gasteiger partial charge < -0.3 is 4.57 Å². The second-order valence-electron chi connectivity index (χ2n) is 12.3. The topological polar surface area (TPSA) is 43.6 Å². The fourth-order valence-electron chi connectivity index (χ4n) is 6.78. The summed E-state index contributed by atoms with van der Waals surface area (Å²) in [5, 5.41) is 2.17. The molecule has 0 atom stereocenters. The quantitative estimate of drug-likeness (QED) is 0.178. The SMILES string of the molecule is Fc1cccc(-c2ccc(-n3c4ccccc4c4cc(-c5ccccc5)ccc43)c(-c3nc(-c4ccccc4)nc(-c4ccccc4)n3)c2)c1F. The molecule has 0 N–H and O–H groups in total. The van der Waals surface area contributed by atoms with Crippen molar-refractivity contribution in [1.29, 1.82) is 0 Å². The summed E-state index contributed by atoms with van der Waals surface area (Å²) in [6.07, 6.45) is 0. The highest BCUT2D eigenvalue weighted by Crippen LogP contribution is 2.40. The maximum Gasteiger partial charge on any atom is 0.166 e. The maximum absolute atomic E-state index is 15.3. The molecule has 0 amide bonds. The third-order valence-electron chi connectivity index (χ3n) is 9.22. The molecule has 0 saturated carbocycles. The van der Waals surface area contributed by atoms with Crippen LogP contribution < -0.4 is 0 Å². The second kappa shape index (κ2) is 12.6. The highest BCUT2D eigenvalue weighted by Gasteiger charge is 2.21. The van der Waals surface area contributed by atoms with Crippen LogP contribution in [-0.4, -0.2) is 19.5 Å². The first-order valence-electron chi connectivity index (χ1n) is 16.7. The van der Waals surface area contributed by atoms with Crippen LogP contribution in [0.25, 0.3) is 83.9 Å². The van der Waals surface area contributed by atoms with Gasteiger partial charge in [0.1, 0.15) is 0 Å². The van der Waals surface area contributed by atoms with Crippen LogP contribution in [0.5, 0.6) is 0 Å². The van der Waals surface area contributed by atoms with Gasteiger partial charge in [-0.15, -0.1) is 0 Å². The van der Waals surface area contributed by atoms with Gasteiger partial charge in [0.05, 0.1) is 16.7 Å². The lowest BCUT2D eigenvalue weighted by Crippen LogP contribution is -2.04. The first-order valence-corrected chi connectivity index (χ1v) is 16.7.